The van der Waals surface area contributed by atoms with Crippen molar-refractivity contribution < 1.29 is 14.7 Å². The van der Waals surface area contributed by atoms with Gasteiger partial charge in [0.15, 0.2) is 0 Å². The summed E-state index contributed by atoms with van der Waals surface area (Å²) in [6, 6.07) is 10.4. The summed E-state index contributed by atoms with van der Waals surface area (Å²) in [6.07, 6.45) is 0. The fraction of sp³-hybridized carbons (Fsp3) is 0.176. The van der Waals surface area contributed by atoms with Crippen LogP contribution in [0.4, 0.5) is 17.1 Å². The first-order chi connectivity index (χ1) is 10.9. The highest BCUT2D eigenvalue weighted by Gasteiger charge is 2.13. The highest BCUT2D eigenvalue weighted by Crippen LogP contribution is 2.28. The summed E-state index contributed by atoms with van der Waals surface area (Å²) in [6.45, 7) is 3.96. The van der Waals surface area contributed by atoms with Crippen LogP contribution >= 0.6 is 15.9 Å². The molecule has 2 aromatic rings. The van der Waals surface area contributed by atoms with Crippen LogP contribution in [0.2, 0.25) is 0 Å². The van der Waals surface area contributed by atoms with Crippen molar-refractivity contribution in [3.63, 3.8) is 0 Å². The Kier molecular flexibility index (Phi) is 5.39. The van der Waals surface area contributed by atoms with E-state index in [1.54, 1.807) is 12.1 Å². The molecule has 2 aromatic carbocycles. The van der Waals surface area contributed by atoms with Crippen LogP contribution < -0.4 is 10.6 Å². The summed E-state index contributed by atoms with van der Waals surface area (Å²) >= 11 is 3.08. The minimum absolute atomic E-state index is 0.141. The Morgan fingerprint density at radius 2 is 1.87 bits per heavy atom. The molecule has 0 atom stereocenters. The third-order valence-electron chi connectivity index (χ3n) is 3.53. The number of carboxylic acid groups (broad SMARTS) is 1. The highest BCUT2D eigenvalue weighted by molar-refractivity contribution is 9.09. The molecule has 1 amide bonds. The summed E-state index contributed by atoms with van der Waals surface area (Å²) in [5.41, 5.74) is 4.08. The number of alkyl halides is 1. The zero-order valence-electron chi connectivity index (χ0n) is 12.8. The summed E-state index contributed by atoms with van der Waals surface area (Å²) in [4.78, 5) is 22.9. The second-order valence-electron chi connectivity index (χ2n) is 5.12. The molecule has 0 aliphatic heterocycles. The number of rotatable bonds is 5. The first-order valence-electron chi connectivity index (χ1n) is 6.98. The van der Waals surface area contributed by atoms with Gasteiger partial charge in [-0.15, -0.1) is 0 Å². The summed E-state index contributed by atoms with van der Waals surface area (Å²) in [5, 5.41) is 15.4. The van der Waals surface area contributed by atoms with Crippen molar-refractivity contribution in [2.45, 2.75) is 13.8 Å². The largest absolute Gasteiger partial charge is 0.478 e. The van der Waals surface area contributed by atoms with Gasteiger partial charge in [0.1, 0.15) is 0 Å². The van der Waals surface area contributed by atoms with E-state index in [0.717, 1.165) is 16.8 Å². The van der Waals surface area contributed by atoms with E-state index in [0.29, 0.717) is 11.4 Å². The van der Waals surface area contributed by atoms with Gasteiger partial charge in [0.05, 0.1) is 16.6 Å². The lowest BCUT2D eigenvalue weighted by atomic mass is 10.1. The van der Waals surface area contributed by atoms with Gasteiger partial charge in [0.25, 0.3) is 0 Å². The Bertz CT molecular complexity index is 759. The molecule has 3 N–H and O–H groups in total. The molecule has 5 nitrogen and oxygen atoms in total. The normalized spacial score (nSPS) is 10.2. The second kappa shape index (κ2) is 7.28. The van der Waals surface area contributed by atoms with Crippen molar-refractivity contribution in [3.8, 4) is 0 Å². The number of carbonyl (C=O) groups is 2. The van der Waals surface area contributed by atoms with E-state index in [1.165, 1.54) is 6.07 Å². The number of hydrogen-bond acceptors (Lipinski definition) is 3. The Morgan fingerprint density at radius 3 is 2.52 bits per heavy atom. The van der Waals surface area contributed by atoms with Gasteiger partial charge in [-0.3, -0.25) is 4.79 Å². The molecule has 0 aliphatic rings. The maximum atomic E-state index is 11.5. The molecule has 0 heterocycles. The predicted octanol–water partition coefficient (Wildman–Crippen LogP) is 4.08. The topological polar surface area (TPSA) is 78.4 Å². The Hall–Kier alpha value is -2.34. The molecule has 23 heavy (non-hydrogen) atoms. The molecule has 6 heteroatoms. The number of aryl methyl sites for hydroxylation is 1. The number of amides is 1. The van der Waals surface area contributed by atoms with E-state index < -0.39 is 5.97 Å². The van der Waals surface area contributed by atoms with E-state index in [9.17, 15) is 14.7 Å². The zero-order valence-corrected chi connectivity index (χ0v) is 14.4. The molecule has 0 spiro atoms. The van der Waals surface area contributed by atoms with Crippen molar-refractivity contribution >= 4 is 44.9 Å². The van der Waals surface area contributed by atoms with Gasteiger partial charge in [-0.2, -0.15) is 0 Å². The van der Waals surface area contributed by atoms with Gasteiger partial charge in [0.2, 0.25) is 5.91 Å². The predicted molar refractivity (Wildman–Crippen MR) is 95.0 cm³/mol. The van der Waals surface area contributed by atoms with E-state index >= 15 is 0 Å². The molecule has 0 aromatic heterocycles. The van der Waals surface area contributed by atoms with E-state index in [-0.39, 0.29) is 16.8 Å². The number of aromatic carboxylic acids is 1. The molecule has 0 radical (unpaired) electrons. The molecule has 0 unspecified atom stereocenters. The van der Waals surface area contributed by atoms with Crippen molar-refractivity contribution in [1.29, 1.82) is 0 Å². The minimum Gasteiger partial charge on any atom is -0.478 e. The van der Waals surface area contributed by atoms with Gasteiger partial charge < -0.3 is 15.7 Å². The zero-order chi connectivity index (χ0) is 17.0. The quantitative estimate of drug-likeness (QED) is 0.687. The Balaban J connectivity index is 2.41. The van der Waals surface area contributed by atoms with Crippen LogP contribution in [-0.4, -0.2) is 22.3 Å². The molecular formula is C17H17BrN2O3. The number of nitrogens with one attached hydrogen (secondary N) is 2. The van der Waals surface area contributed by atoms with Crippen LogP contribution in [0.1, 0.15) is 21.5 Å². The number of hydrogen-bond donors (Lipinski definition) is 3. The SMILES string of the molecule is Cc1cccc(Nc2cc(NC(=O)CBr)ccc2C(=O)O)c1C. The second-order valence-corrected chi connectivity index (χ2v) is 5.68. The first-order valence-corrected chi connectivity index (χ1v) is 8.11. The van der Waals surface area contributed by atoms with Crippen LogP contribution in [0.5, 0.6) is 0 Å². The van der Waals surface area contributed by atoms with Gasteiger partial charge in [0, 0.05) is 11.4 Å². The number of anilines is 3. The van der Waals surface area contributed by atoms with Crippen LogP contribution in [-0.2, 0) is 4.79 Å². The fourth-order valence-corrected chi connectivity index (χ4v) is 2.28. The maximum Gasteiger partial charge on any atom is 0.337 e. The van der Waals surface area contributed by atoms with Gasteiger partial charge in [-0.25, -0.2) is 4.79 Å². The van der Waals surface area contributed by atoms with Gasteiger partial charge in [-0.05, 0) is 49.2 Å². The van der Waals surface area contributed by atoms with Crippen molar-refractivity contribution in [3.05, 3.63) is 53.1 Å². The number of benzene rings is 2. The lowest BCUT2D eigenvalue weighted by molar-refractivity contribution is -0.113. The Labute approximate surface area is 142 Å². The molecule has 0 bridgehead atoms. The van der Waals surface area contributed by atoms with Crippen molar-refractivity contribution in [1.82, 2.24) is 0 Å². The van der Waals surface area contributed by atoms with E-state index in [4.69, 9.17) is 0 Å². The summed E-state index contributed by atoms with van der Waals surface area (Å²) in [7, 11) is 0. The van der Waals surface area contributed by atoms with Crippen molar-refractivity contribution in [2.24, 2.45) is 0 Å². The molecule has 0 saturated carbocycles. The minimum atomic E-state index is -1.03. The third-order valence-corrected chi connectivity index (χ3v) is 4.04. The Morgan fingerprint density at radius 1 is 1.13 bits per heavy atom. The standard InChI is InChI=1S/C17H17BrN2O3/c1-10-4-3-5-14(11(10)2)20-15-8-12(19-16(21)9-18)6-7-13(15)17(22)23/h3-8,20H,9H2,1-2H3,(H,19,21)(H,22,23). The first kappa shape index (κ1) is 17.0. The average Bonchev–Trinajstić information content (AvgIpc) is 2.51. The molecule has 0 saturated heterocycles. The van der Waals surface area contributed by atoms with Crippen molar-refractivity contribution in [2.75, 3.05) is 16.0 Å². The number of carbonyl (C=O) groups excluding carboxylic acids is 1. The van der Waals surface area contributed by atoms with Crippen LogP contribution in [0.3, 0.4) is 0 Å². The van der Waals surface area contributed by atoms with Gasteiger partial charge in [-0.1, -0.05) is 28.1 Å². The molecule has 2 rings (SSSR count). The molecule has 120 valence electrons. The highest BCUT2D eigenvalue weighted by atomic mass is 79.9. The summed E-state index contributed by atoms with van der Waals surface area (Å²) < 4.78 is 0. The van der Waals surface area contributed by atoms with Crippen LogP contribution in [0.25, 0.3) is 0 Å². The third kappa shape index (κ3) is 4.10. The fourth-order valence-electron chi connectivity index (χ4n) is 2.14. The van der Waals surface area contributed by atoms with E-state index in [1.807, 2.05) is 32.0 Å². The van der Waals surface area contributed by atoms with Crippen LogP contribution in [0, 0.1) is 13.8 Å². The lowest BCUT2D eigenvalue weighted by Gasteiger charge is -2.15. The number of carboxylic acids is 1. The smallest absolute Gasteiger partial charge is 0.337 e. The van der Waals surface area contributed by atoms with Crippen LogP contribution in [0.15, 0.2) is 36.4 Å². The molecular weight excluding hydrogens is 360 g/mol. The van der Waals surface area contributed by atoms with E-state index in [2.05, 4.69) is 26.6 Å². The summed E-state index contributed by atoms with van der Waals surface area (Å²) in [5.74, 6) is -1.23. The maximum absolute atomic E-state index is 11.5. The number of halogens is 1. The van der Waals surface area contributed by atoms with Gasteiger partial charge >= 0.3 is 5.97 Å². The average molecular weight is 377 g/mol. The lowest BCUT2D eigenvalue weighted by Crippen LogP contribution is -2.13. The molecule has 0 aliphatic carbocycles. The molecule has 0 fully saturated rings. The monoisotopic (exact) mass is 376 g/mol.